The van der Waals surface area contributed by atoms with Crippen molar-refractivity contribution in [2.24, 2.45) is 0 Å². The van der Waals surface area contributed by atoms with E-state index in [0.717, 1.165) is 39.3 Å². The first kappa shape index (κ1) is 18.2. The van der Waals surface area contributed by atoms with E-state index in [2.05, 4.69) is 9.80 Å². The van der Waals surface area contributed by atoms with Gasteiger partial charge >= 0.3 is 0 Å². The Labute approximate surface area is 151 Å². The zero-order valence-corrected chi connectivity index (χ0v) is 14.6. The van der Waals surface area contributed by atoms with Crippen LogP contribution in [0.25, 0.3) is 0 Å². The monoisotopic (exact) mass is 360 g/mol. The third-order valence-electron chi connectivity index (χ3n) is 4.78. The van der Waals surface area contributed by atoms with E-state index < -0.39 is 0 Å². The zero-order chi connectivity index (χ0) is 18.5. The van der Waals surface area contributed by atoms with Gasteiger partial charge < -0.3 is 19.3 Å². The average Bonchev–Trinajstić information content (AvgIpc) is 2.65. The Morgan fingerprint density at radius 1 is 0.692 bits per heavy atom. The highest BCUT2D eigenvalue weighted by Crippen LogP contribution is 2.04. The summed E-state index contributed by atoms with van der Waals surface area (Å²) >= 11 is 0. The molecule has 2 aromatic rings. The molecule has 0 amide bonds. The van der Waals surface area contributed by atoms with Gasteiger partial charge in [0.2, 0.25) is 0 Å². The second kappa shape index (κ2) is 8.20. The molecule has 2 N–H and O–H groups in total. The maximum atomic E-state index is 11.8. The van der Waals surface area contributed by atoms with Crippen LogP contribution in [0.1, 0.15) is 0 Å². The topological polar surface area (TPSA) is 90.9 Å². The van der Waals surface area contributed by atoms with E-state index in [4.69, 9.17) is 0 Å². The Balaban J connectivity index is 1.44. The lowest BCUT2D eigenvalue weighted by Crippen LogP contribution is -2.48. The Morgan fingerprint density at radius 3 is 1.46 bits per heavy atom. The Kier molecular flexibility index (Phi) is 5.75. The highest BCUT2D eigenvalue weighted by molar-refractivity contribution is 5.15. The molecule has 140 valence electrons. The summed E-state index contributed by atoms with van der Waals surface area (Å²) in [6.07, 6.45) is 3.37. The lowest BCUT2D eigenvalue weighted by Gasteiger charge is -2.34. The van der Waals surface area contributed by atoms with Crippen LogP contribution >= 0.6 is 0 Å². The lowest BCUT2D eigenvalue weighted by atomic mass is 10.3. The molecular formula is C18H24N4O4. The summed E-state index contributed by atoms with van der Waals surface area (Å²) in [6.45, 7) is 6.17. The summed E-state index contributed by atoms with van der Waals surface area (Å²) in [5.41, 5.74) is -0.717. The van der Waals surface area contributed by atoms with Gasteiger partial charge in [0, 0.05) is 64.8 Å². The number of hydrogen-bond acceptors (Lipinski definition) is 6. The number of aromatic nitrogens is 2. The summed E-state index contributed by atoms with van der Waals surface area (Å²) in [4.78, 5) is 28.2. The van der Waals surface area contributed by atoms with Crippen molar-refractivity contribution in [1.29, 1.82) is 0 Å². The second-order valence-electron chi connectivity index (χ2n) is 6.47. The van der Waals surface area contributed by atoms with Crippen LogP contribution in [-0.2, 0) is 13.1 Å². The highest BCUT2D eigenvalue weighted by Gasteiger charge is 2.17. The molecule has 26 heavy (non-hydrogen) atoms. The predicted octanol–water partition coefficient (Wildman–Crippen LogP) is -0.261. The quantitative estimate of drug-likeness (QED) is 0.738. The molecule has 0 radical (unpaired) electrons. The second-order valence-corrected chi connectivity index (χ2v) is 6.47. The van der Waals surface area contributed by atoms with Gasteiger partial charge in [0.1, 0.15) is 0 Å². The molecule has 1 saturated heterocycles. The maximum Gasteiger partial charge on any atom is 0.292 e. The maximum absolute atomic E-state index is 11.8. The third kappa shape index (κ3) is 4.33. The van der Waals surface area contributed by atoms with Gasteiger partial charge in [0.05, 0.1) is 0 Å². The standard InChI is InChI=1S/C18H24N4O4/c23-15-3-1-5-21(17(15)25)13-11-19-7-9-20(10-8-19)12-14-22-6-2-4-16(24)18(22)26/h1-6,23-24H,7-14H2. The van der Waals surface area contributed by atoms with Crippen LogP contribution < -0.4 is 11.1 Å². The van der Waals surface area contributed by atoms with Crippen LogP contribution in [0.2, 0.25) is 0 Å². The average molecular weight is 360 g/mol. The SMILES string of the molecule is O=c1c(O)cccn1CCN1CCN(CCn2cccc(O)c2=O)CC1. The summed E-state index contributed by atoms with van der Waals surface area (Å²) < 4.78 is 3.05. The molecule has 1 fully saturated rings. The molecule has 2 aromatic heterocycles. The molecule has 3 rings (SSSR count). The van der Waals surface area contributed by atoms with Crippen LogP contribution in [0.3, 0.4) is 0 Å². The molecule has 0 spiro atoms. The molecule has 0 saturated carbocycles. The fourth-order valence-corrected chi connectivity index (χ4v) is 3.14. The minimum atomic E-state index is -0.359. The molecule has 0 aliphatic carbocycles. The van der Waals surface area contributed by atoms with Crippen molar-refractivity contribution < 1.29 is 10.2 Å². The number of rotatable bonds is 6. The van der Waals surface area contributed by atoms with E-state index in [-0.39, 0.29) is 22.6 Å². The minimum Gasteiger partial charge on any atom is -0.503 e. The number of nitrogens with zero attached hydrogens (tertiary/aromatic N) is 4. The molecule has 0 atom stereocenters. The van der Waals surface area contributed by atoms with E-state index in [9.17, 15) is 19.8 Å². The predicted molar refractivity (Wildman–Crippen MR) is 97.6 cm³/mol. The van der Waals surface area contributed by atoms with E-state index in [0.29, 0.717) is 13.1 Å². The van der Waals surface area contributed by atoms with E-state index in [1.165, 1.54) is 21.3 Å². The van der Waals surface area contributed by atoms with Gasteiger partial charge in [0.25, 0.3) is 11.1 Å². The molecule has 8 heteroatoms. The van der Waals surface area contributed by atoms with E-state index in [1.54, 1.807) is 24.5 Å². The molecule has 0 aromatic carbocycles. The van der Waals surface area contributed by atoms with Crippen molar-refractivity contribution in [2.45, 2.75) is 13.1 Å². The van der Waals surface area contributed by atoms with Gasteiger partial charge in [-0.15, -0.1) is 0 Å². The summed E-state index contributed by atoms with van der Waals surface area (Å²) in [5.74, 6) is -0.445. The fourth-order valence-electron chi connectivity index (χ4n) is 3.14. The molecule has 8 nitrogen and oxygen atoms in total. The molecule has 1 aliphatic heterocycles. The summed E-state index contributed by atoms with van der Waals surface area (Å²) in [7, 11) is 0. The molecular weight excluding hydrogens is 336 g/mol. The first-order valence-electron chi connectivity index (χ1n) is 8.76. The number of hydrogen-bond donors (Lipinski definition) is 2. The van der Waals surface area contributed by atoms with E-state index >= 15 is 0 Å². The summed E-state index contributed by atoms with van der Waals surface area (Å²) in [5, 5.41) is 18.9. The van der Waals surface area contributed by atoms with Gasteiger partial charge in [-0.05, 0) is 24.3 Å². The van der Waals surface area contributed by atoms with Crippen molar-refractivity contribution in [2.75, 3.05) is 39.3 Å². The van der Waals surface area contributed by atoms with Crippen molar-refractivity contribution >= 4 is 0 Å². The van der Waals surface area contributed by atoms with Crippen LogP contribution in [0.5, 0.6) is 11.5 Å². The molecule has 1 aliphatic rings. The van der Waals surface area contributed by atoms with Crippen LogP contribution in [0.15, 0.2) is 46.2 Å². The van der Waals surface area contributed by atoms with Gasteiger partial charge in [-0.1, -0.05) is 0 Å². The van der Waals surface area contributed by atoms with Crippen molar-refractivity contribution in [3.05, 3.63) is 57.4 Å². The van der Waals surface area contributed by atoms with E-state index in [1.807, 2.05) is 0 Å². The van der Waals surface area contributed by atoms with Crippen molar-refractivity contribution in [3.8, 4) is 11.5 Å². The van der Waals surface area contributed by atoms with Gasteiger partial charge in [-0.3, -0.25) is 19.4 Å². The first-order valence-corrected chi connectivity index (χ1v) is 8.76. The molecule has 0 bridgehead atoms. The Bertz CT molecular complexity index is 781. The van der Waals surface area contributed by atoms with Crippen molar-refractivity contribution in [1.82, 2.24) is 18.9 Å². The van der Waals surface area contributed by atoms with Gasteiger partial charge in [0.15, 0.2) is 11.5 Å². The molecule has 3 heterocycles. The minimum absolute atomic E-state index is 0.223. The fraction of sp³-hybridized carbons (Fsp3) is 0.444. The Morgan fingerprint density at radius 2 is 1.08 bits per heavy atom. The lowest BCUT2D eigenvalue weighted by molar-refractivity contribution is 0.125. The van der Waals surface area contributed by atoms with Crippen LogP contribution in [0, 0.1) is 0 Å². The molecule has 0 unspecified atom stereocenters. The smallest absolute Gasteiger partial charge is 0.292 e. The van der Waals surface area contributed by atoms with Crippen LogP contribution in [-0.4, -0.2) is 68.4 Å². The van der Waals surface area contributed by atoms with Crippen LogP contribution in [0.4, 0.5) is 0 Å². The largest absolute Gasteiger partial charge is 0.503 e. The highest BCUT2D eigenvalue weighted by atomic mass is 16.3. The third-order valence-corrected chi connectivity index (χ3v) is 4.78. The first-order chi connectivity index (χ1) is 12.5. The zero-order valence-electron chi connectivity index (χ0n) is 14.6. The Hall–Kier alpha value is -2.58. The number of aromatic hydroxyl groups is 2. The van der Waals surface area contributed by atoms with Gasteiger partial charge in [-0.2, -0.15) is 0 Å². The van der Waals surface area contributed by atoms with Crippen molar-refractivity contribution in [3.63, 3.8) is 0 Å². The number of piperazine rings is 1. The normalized spacial score (nSPS) is 16.0. The number of pyridine rings is 2. The summed E-state index contributed by atoms with van der Waals surface area (Å²) in [6, 6.07) is 6.13. The van der Waals surface area contributed by atoms with Gasteiger partial charge in [-0.25, -0.2) is 0 Å².